The first-order chi connectivity index (χ1) is 8.18. The molecule has 3 N–H and O–H groups in total. The Morgan fingerprint density at radius 2 is 2.29 bits per heavy atom. The second-order valence-electron chi connectivity index (χ2n) is 3.27. The van der Waals surface area contributed by atoms with E-state index in [9.17, 15) is 9.59 Å². The van der Waals surface area contributed by atoms with Crippen molar-refractivity contribution in [1.29, 1.82) is 0 Å². The fourth-order valence-corrected chi connectivity index (χ4v) is 1.34. The Labute approximate surface area is 96.1 Å². The number of hydroxylamine groups is 1. The van der Waals surface area contributed by atoms with Crippen LogP contribution in [0.4, 0.5) is 0 Å². The van der Waals surface area contributed by atoms with Gasteiger partial charge in [-0.25, -0.2) is 10.00 Å². The number of pyridine rings is 1. The Hall–Kier alpha value is -2.41. The summed E-state index contributed by atoms with van der Waals surface area (Å²) in [5.41, 5.74) is 7.97. The Kier molecular flexibility index (Phi) is 3.01. The smallest absolute Gasteiger partial charge is 0.278 e. The van der Waals surface area contributed by atoms with Crippen LogP contribution in [-0.4, -0.2) is 28.0 Å². The molecule has 0 spiro atoms. The highest BCUT2D eigenvalue weighted by Crippen LogP contribution is 2.09. The molecule has 7 heteroatoms. The quantitative estimate of drug-likeness (QED) is 0.695. The predicted molar refractivity (Wildman–Crippen MR) is 57.8 cm³/mol. The largest absolute Gasteiger partial charge is 0.368 e. The maximum atomic E-state index is 11.7. The van der Waals surface area contributed by atoms with Crippen LogP contribution in [-0.2, 0) is 9.63 Å². The van der Waals surface area contributed by atoms with E-state index in [1.165, 1.54) is 6.20 Å². The van der Waals surface area contributed by atoms with Crippen molar-refractivity contribution in [1.82, 2.24) is 15.1 Å². The van der Waals surface area contributed by atoms with Crippen LogP contribution in [0.2, 0.25) is 0 Å². The van der Waals surface area contributed by atoms with Gasteiger partial charge in [-0.05, 0) is 12.1 Å². The van der Waals surface area contributed by atoms with E-state index in [4.69, 9.17) is 5.73 Å². The number of primary amides is 1. The number of fused-ring (bicyclic) bond motifs is 1. The van der Waals surface area contributed by atoms with Crippen LogP contribution in [0, 0.1) is 0 Å². The van der Waals surface area contributed by atoms with E-state index in [2.05, 4.69) is 15.4 Å². The van der Waals surface area contributed by atoms with E-state index in [0.29, 0.717) is 11.1 Å². The van der Waals surface area contributed by atoms with Gasteiger partial charge < -0.3 is 5.73 Å². The molecule has 2 rings (SSSR count). The predicted octanol–water partition coefficient (Wildman–Crippen LogP) is -0.519. The molecular formula is C10H10N4O3. The van der Waals surface area contributed by atoms with Gasteiger partial charge in [-0.3, -0.25) is 14.4 Å². The summed E-state index contributed by atoms with van der Waals surface area (Å²) in [5.74, 6) is -1.14. The average molecular weight is 234 g/mol. The molecule has 0 unspecified atom stereocenters. The van der Waals surface area contributed by atoms with Crippen molar-refractivity contribution in [3.05, 3.63) is 36.2 Å². The summed E-state index contributed by atoms with van der Waals surface area (Å²) >= 11 is 0. The van der Waals surface area contributed by atoms with Crippen molar-refractivity contribution in [2.24, 2.45) is 5.73 Å². The van der Waals surface area contributed by atoms with Crippen LogP contribution < -0.4 is 11.2 Å². The highest BCUT2D eigenvalue weighted by atomic mass is 16.7. The number of nitrogens with two attached hydrogens (primary N) is 1. The molecule has 0 aromatic carbocycles. The van der Waals surface area contributed by atoms with Crippen molar-refractivity contribution < 1.29 is 14.4 Å². The normalized spacial score (nSPS) is 10.4. The van der Waals surface area contributed by atoms with Gasteiger partial charge in [0.1, 0.15) is 0 Å². The molecule has 2 heterocycles. The zero-order valence-corrected chi connectivity index (χ0v) is 8.79. The lowest BCUT2D eigenvalue weighted by molar-refractivity contribution is -0.124. The van der Waals surface area contributed by atoms with E-state index >= 15 is 0 Å². The number of hydrogen-bond acceptors (Lipinski definition) is 4. The van der Waals surface area contributed by atoms with Crippen molar-refractivity contribution >= 4 is 17.3 Å². The van der Waals surface area contributed by atoms with Gasteiger partial charge in [0.05, 0.1) is 17.3 Å². The van der Waals surface area contributed by atoms with Gasteiger partial charge in [-0.15, -0.1) is 0 Å². The molecule has 0 aliphatic heterocycles. The number of rotatable bonds is 4. The van der Waals surface area contributed by atoms with Gasteiger partial charge in [0, 0.05) is 6.20 Å². The summed E-state index contributed by atoms with van der Waals surface area (Å²) in [6.45, 7) is -0.370. The lowest BCUT2D eigenvalue weighted by Gasteiger charge is -2.02. The molecule has 0 saturated heterocycles. The molecule has 2 aromatic rings. The third kappa shape index (κ3) is 2.40. The van der Waals surface area contributed by atoms with Gasteiger partial charge in [-0.2, -0.15) is 5.10 Å². The highest BCUT2D eigenvalue weighted by molar-refractivity contribution is 6.00. The first-order valence-corrected chi connectivity index (χ1v) is 4.81. The highest BCUT2D eigenvalue weighted by Gasteiger charge is 2.12. The van der Waals surface area contributed by atoms with E-state index in [1.54, 1.807) is 28.9 Å². The molecule has 0 saturated carbocycles. The minimum atomic E-state index is -0.662. The second kappa shape index (κ2) is 4.62. The van der Waals surface area contributed by atoms with E-state index < -0.39 is 11.8 Å². The fourth-order valence-electron chi connectivity index (χ4n) is 1.34. The molecule has 0 aliphatic rings. The number of carbonyl (C=O) groups is 2. The molecule has 7 nitrogen and oxygen atoms in total. The van der Waals surface area contributed by atoms with Crippen LogP contribution in [0.25, 0.3) is 5.52 Å². The second-order valence-corrected chi connectivity index (χ2v) is 3.27. The van der Waals surface area contributed by atoms with E-state index in [0.717, 1.165) is 0 Å². The number of nitrogens with zero attached hydrogens (tertiary/aromatic N) is 2. The lowest BCUT2D eigenvalue weighted by Crippen LogP contribution is -2.29. The average Bonchev–Trinajstić information content (AvgIpc) is 2.72. The summed E-state index contributed by atoms with van der Waals surface area (Å²) in [6, 6.07) is 5.33. The fraction of sp³-hybridized carbons (Fsp3) is 0.100. The molecule has 2 amide bonds. The van der Waals surface area contributed by atoms with Crippen molar-refractivity contribution in [3.63, 3.8) is 0 Å². The van der Waals surface area contributed by atoms with Gasteiger partial charge in [0.2, 0.25) is 5.91 Å². The summed E-state index contributed by atoms with van der Waals surface area (Å²) in [4.78, 5) is 26.7. The van der Waals surface area contributed by atoms with Crippen molar-refractivity contribution in [3.8, 4) is 0 Å². The number of carbonyl (C=O) groups excluding carboxylic acids is 2. The molecule has 0 atom stereocenters. The summed E-state index contributed by atoms with van der Waals surface area (Å²) in [7, 11) is 0. The molecule has 2 aromatic heterocycles. The molecular weight excluding hydrogens is 224 g/mol. The van der Waals surface area contributed by atoms with E-state index in [1.807, 2.05) is 0 Å². The number of nitrogens with one attached hydrogen (secondary N) is 1. The maximum absolute atomic E-state index is 11.7. The topological polar surface area (TPSA) is 98.7 Å². The van der Waals surface area contributed by atoms with Crippen molar-refractivity contribution in [2.45, 2.75) is 0 Å². The summed E-state index contributed by atoms with van der Waals surface area (Å²) in [5, 5.41) is 3.99. The zero-order chi connectivity index (χ0) is 12.3. The Bertz CT molecular complexity index is 563. The minimum absolute atomic E-state index is 0.357. The summed E-state index contributed by atoms with van der Waals surface area (Å²) < 4.78 is 1.56. The maximum Gasteiger partial charge on any atom is 0.278 e. The first-order valence-electron chi connectivity index (χ1n) is 4.81. The molecule has 17 heavy (non-hydrogen) atoms. The number of amides is 2. The molecule has 0 fully saturated rings. The molecule has 0 radical (unpaired) electrons. The van der Waals surface area contributed by atoms with Crippen LogP contribution in [0.3, 0.4) is 0 Å². The van der Waals surface area contributed by atoms with E-state index in [-0.39, 0.29) is 6.61 Å². The Morgan fingerprint density at radius 3 is 3.06 bits per heavy atom. The third-order valence-electron chi connectivity index (χ3n) is 2.05. The first kappa shape index (κ1) is 11.1. The number of aromatic nitrogens is 2. The number of hydrogen-bond donors (Lipinski definition) is 2. The SMILES string of the molecule is NC(=O)CONC(=O)c1cnn2ccccc12. The molecule has 0 bridgehead atoms. The zero-order valence-electron chi connectivity index (χ0n) is 8.79. The standard InChI is InChI=1S/C10H10N4O3/c11-9(15)6-17-13-10(16)7-5-12-14-4-2-1-3-8(7)14/h1-5H,6H2,(H2,11,15)(H,13,16). The minimum Gasteiger partial charge on any atom is -0.368 e. The van der Waals surface area contributed by atoms with Crippen LogP contribution in [0.15, 0.2) is 30.6 Å². The van der Waals surface area contributed by atoms with Crippen molar-refractivity contribution in [2.75, 3.05) is 6.61 Å². The Morgan fingerprint density at radius 1 is 1.47 bits per heavy atom. The third-order valence-corrected chi connectivity index (χ3v) is 2.05. The summed E-state index contributed by atoms with van der Waals surface area (Å²) in [6.07, 6.45) is 3.13. The van der Waals surface area contributed by atoms with Crippen LogP contribution in [0.1, 0.15) is 10.4 Å². The van der Waals surface area contributed by atoms with Gasteiger partial charge in [0.15, 0.2) is 6.61 Å². The van der Waals surface area contributed by atoms with Gasteiger partial charge >= 0.3 is 0 Å². The molecule has 0 aliphatic carbocycles. The van der Waals surface area contributed by atoms with Crippen LogP contribution in [0.5, 0.6) is 0 Å². The molecule has 88 valence electrons. The Balaban J connectivity index is 2.11. The van der Waals surface area contributed by atoms with Gasteiger partial charge in [-0.1, -0.05) is 6.07 Å². The van der Waals surface area contributed by atoms with Crippen LogP contribution >= 0.6 is 0 Å². The monoisotopic (exact) mass is 234 g/mol. The van der Waals surface area contributed by atoms with Gasteiger partial charge in [0.25, 0.3) is 5.91 Å². The lowest BCUT2D eigenvalue weighted by atomic mass is 10.2.